The van der Waals surface area contributed by atoms with Crippen LogP contribution in [-0.2, 0) is 0 Å². The maximum absolute atomic E-state index is 11.5. The van der Waals surface area contributed by atoms with Crippen LogP contribution in [-0.4, -0.2) is 53.0 Å². The van der Waals surface area contributed by atoms with Crippen molar-refractivity contribution in [1.82, 2.24) is 9.88 Å². The molecule has 0 saturated carbocycles. The molecule has 120 valence electrons. The van der Waals surface area contributed by atoms with E-state index in [-0.39, 0.29) is 11.4 Å². The summed E-state index contributed by atoms with van der Waals surface area (Å²) in [4.78, 5) is 29.8. The van der Waals surface area contributed by atoms with E-state index < -0.39 is 9.85 Å². The van der Waals surface area contributed by atoms with Crippen LogP contribution in [0.1, 0.15) is 0 Å². The number of nitrogens with zero attached hydrogens (tertiary/aromatic N) is 5. The number of aromatic nitrogens is 1. The van der Waals surface area contributed by atoms with Crippen LogP contribution in [0, 0.1) is 20.2 Å². The Morgan fingerprint density at radius 2 is 1.74 bits per heavy atom. The molecule has 9 heteroatoms. The molecule has 1 aromatic carbocycles. The number of hydrogen-bond donors (Lipinski definition) is 0. The SMILES string of the molecule is CN1CCN(c2c([N+](=O)[O-])cc([N+](=O)[O-])c3cccnc23)CC1. The van der Waals surface area contributed by atoms with Gasteiger partial charge >= 0.3 is 5.69 Å². The Morgan fingerprint density at radius 1 is 1.09 bits per heavy atom. The molecule has 1 aliphatic heterocycles. The monoisotopic (exact) mass is 317 g/mol. The van der Waals surface area contributed by atoms with Gasteiger partial charge < -0.3 is 9.80 Å². The first-order valence-electron chi connectivity index (χ1n) is 7.13. The molecule has 23 heavy (non-hydrogen) atoms. The largest absolute Gasteiger partial charge is 0.362 e. The zero-order valence-corrected chi connectivity index (χ0v) is 12.5. The number of pyridine rings is 1. The first-order valence-corrected chi connectivity index (χ1v) is 7.13. The lowest BCUT2D eigenvalue weighted by Gasteiger charge is -2.33. The summed E-state index contributed by atoms with van der Waals surface area (Å²) in [6.45, 7) is 2.76. The molecule has 0 aliphatic carbocycles. The van der Waals surface area contributed by atoms with Gasteiger partial charge in [0.15, 0.2) is 0 Å². The van der Waals surface area contributed by atoms with Gasteiger partial charge in [0.2, 0.25) is 0 Å². The molecule has 0 amide bonds. The molecule has 2 aromatic rings. The zero-order chi connectivity index (χ0) is 16.6. The zero-order valence-electron chi connectivity index (χ0n) is 12.5. The van der Waals surface area contributed by atoms with Crippen molar-refractivity contribution in [1.29, 1.82) is 0 Å². The Kier molecular flexibility index (Phi) is 3.78. The second kappa shape index (κ2) is 5.76. The van der Waals surface area contributed by atoms with Gasteiger partial charge in [0, 0.05) is 32.4 Å². The highest BCUT2D eigenvalue weighted by molar-refractivity contribution is 6.01. The van der Waals surface area contributed by atoms with Crippen molar-refractivity contribution in [2.45, 2.75) is 0 Å². The number of piperazine rings is 1. The number of nitro benzene ring substituents is 2. The minimum atomic E-state index is -0.606. The van der Waals surface area contributed by atoms with E-state index in [1.54, 1.807) is 12.1 Å². The standard InChI is InChI=1S/C14H15N5O4/c1-16-5-7-17(8-6-16)14-12(19(22)23)9-11(18(20)21)10-3-2-4-15-13(10)14/h2-4,9H,5-8H2,1H3. The lowest BCUT2D eigenvalue weighted by molar-refractivity contribution is -0.392. The minimum absolute atomic E-state index is 0.271. The maximum atomic E-state index is 11.5. The number of anilines is 1. The number of non-ortho nitro benzene ring substituents is 1. The lowest BCUT2D eigenvalue weighted by Crippen LogP contribution is -2.44. The maximum Gasteiger partial charge on any atom is 0.301 e. The van der Waals surface area contributed by atoms with Crippen LogP contribution >= 0.6 is 0 Å². The Morgan fingerprint density at radius 3 is 2.35 bits per heavy atom. The van der Waals surface area contributed by atoms with Gasteiger partial charge in [-0.15, -0.1) is 0 Å². The van der Waals surface area contributed by atoms with E-state index in [1.807, 2.05) is 11.9 Å². The molecule has 0 unspecified atom stereocenters. The smallest absolute Gasteiger partial charge is 0.301 e. The van der Waals surface area contributed by atoms with E-state index in [2.05, 4.69) is 9.88 Å². The Hall–Kier alpha value is -2.81. The van der Waals surface area contributed by atoms with Crippen LogP contribution in [0.15, 0.2) is 24.4 Å². The highest BCUT2D eigenvalue weighted by Gasteiger charge is 2.30. The first-order chi connectivity index (χ1) is 11.0. The molecular formula is C14H15N5O4. The second-order valence-electron chi connectivity index (χ2n) is 5.47. The van der Waals surface area contributed by atoms with Crippen LogP contribution in [0.25, 0.3) is 10.9 Å². The number of nitro groups is 2. The van der Waals surface area contributed by atoms with Crippen LogP contribution < -0.4 is 4.90 Å². The fourth-order valence-electron chi connectivity index (χ4n) is 2.83. The van der Waals surface area contributed by atoms with Gasteiger partial charge in [-0.1, -0.05) is 0 Å². The number of hydrogen-bond acceptors (Lipinski definition) is 7. The average Bonchev–Trinajstić information content (AvgIpc) is 2.54. The quantitative estimate of drug-likeness (QED) is 0.627. The van der Waals surface area contributed by atoms with Crippen molar-refractivity contribution in [3.05, 3.63) is 44.6 Å². The van der Waals surface area contributed by atoms with Crippen molar-refractivity contribution in [3.8, 4) is 0 Å². The van der Waals surface area contributed by atoms with Crippen molar-refractivity contribution in [3.63, 3.8) is 0 Å². The summed E-state index contributed by atoms with van der Waals surface area (Å²) < 4.78 is 0. The summed E-state index contributed by atoms with van der Waals surface area (Å²) in [7, 11) is 1.98. The third-order valence-corrected chi connectivity index (χ3v) is 4.04. The van der Waals surface area contributed by atoms with Crippen LogP contribution in [0.4, 0.5) is 17.1 Å². The summed E-state index contributed by atoms with van der Waals surface area (Å²) in [5.41, 5.74) is 0.104. The highest BCUT2D eigenvalue weighted by Crippen LogP contribution is 2.40. The molecule has 0 atom stereocenters. The molecule has 3 rings (SSSR count). The number of benzene rings is 1. The third-order valence-electron chi connectivity index (χ3n) is 4.04. The predicted molar refractivity (Wildman–Crippen MR) is 84.8 cm³/mol. The van der Waals surface area contributed by atoms with Crippen LogP contribution in [0.2, 0.25) is 0 Å². The normalized spacial score (nSPS) is 15.8. The molecule has 0 N–H and O–H groups in total. The van der Waals surface area contributed by atoms with E-state index in [0.29, 0.717) is 29.7 Å². The molecular weight excluding hydrogens is 302 g/mol. The van der Waals surface area contributed by atoms with Gasteiger partial charge in [0.05, 0.1) is 21.3 Å². The average molecular weight is 317 g/mol. The van der Waals surface area contributed by atoms with E-state index in [1.165, 1.54) is 6.20 Å². The molecule has 2 heterocycles. The Labute approximate surface area is 131 Å². The van der Waals surface area contributed by atoms with Gasteiger partial charge in [0.1, 0.15) is 11.2 Å². The highest BCUT2D eigenvalue weighted by atomic mass is 16.6. The Bertz CT molecular complexity index is 786. The van der Waals surface area contributed by atoms with Gasteiger partial charge in [0.25, 0.3) is 5.69 Å². The van der Waals surface area contributed by atoms with E-state index in [0.717, 1.165) is 19.2 Å². The first kappa shape index (κ1) is 15.1. The van der Waals surface area contributed by atoms with Crippen molar-refractivity contribution < 1.29 is 9.85 Å². The molecule has 1 aromatic heterocycles. The number of rotatable bonds is 3. The third kappa shape index (κ3) is 2.66. The van der Waals surface area contributed by atoms with Gasteiger partial charge in [-0.25, -0.2) is 0 Å². The molecule has 0 spiro atoms. The lowest BCUT2D eigenvalue weighted by atomic mass is 10.1. The summed E-state index contributed by atoms with van der Waals surface area (Å²) in [6, 6.07) is 4.20. The van der Waals surface area contributed by atoms with Gasteiger partial charge in [-0.2, -0.15) is 0 Å². The molecule has 0 bridgehead atoms. The van der Waals surface area contributed by atoms with Crippen LogP contribution in [0.5, 0.6) is 0 Å². The van der Waals surface area contributed by atoms with Crippen molar-refractivity contribution in [2.24, 2.45) is 0 Å². The van der Waals surface area contributed by atoms with Crippen LogP contribution in [0.3, 0.4) is 0 Å². The van der Waals surface area contributed by atoms with Crippen molar-refractivity contribution >= 4 is 28.0 Å². The molecule has 0 radical (unpaired) electrons. The molecule has 9 nitrogen and oxygen atoms in total. The van der Waals surface area contributed by atoms with Crippen molar-refractivity contribution in [2.75, 3.05) is 38.1 Å². The van der Waals surface area contributed by atoms with Gasteiger partial charge in [-0.05, 0) is 19.2 Å². The minimum Gasteiger partial charge on any atom is -0.362 e. The van der Waals surface area contributed by atoms with E-state index in [4.69, 9.17) is 0 Å². The summed E-state index contributed by atoms with van der Waals surface area (Å²) in [5.74, 6) is 0. The molecule has 1 aliphatic rings. The van der Waals surface area contributed by atoms with E-state index >= 15 is 0 Å². The number of fused-ring (bicyclic) bond motifs is 1. The van der Waals surface area contributed by atoms with Gasteiger partial charge in [-0.3, -0.25) is 25.2 Å². The second-order valence-corrected chi connectivity index (χ2v) is 5.47. The van der Waals surface area contributed by atoms with E-state index in [9.17, 15) is 20.2 Å². The Balaban J connectivity index is 2.26. The summed E-state index contributed by atoms with van der Waals surface area (Å²) in [5, 5.41) is 23.0. The molecule has 1 fully saturated rings. The summed E-state index contributed by atoms with van der Waals surface area (Å²) in [6.07, 6.45) is 1.50. The molecule has 1 saturated heterocycles. The summed E-state index contributed by atoms with van der Waals surface area (Å²) >= 11 is 0. The number of likely N-dealkylation sites (N-methyl/N-ethyl adjacent to an activating group) is 1. The predicted octanol–water partition coefficient (Wildman–Crippen LogP) is 1.80. The fourth-order valence-corrected chi connectivity index (χ4v) is 2.83. The topological polar surface area (TPSA) is 106 Å². The fraction of sp³-hybridized carbons (Fsp3) is 0.357.